The zero-order chi connectivity index (χ0) is 18.4. The third-order valence-electron chi connectivity index (χ3n) is 4.29. The molecule has 2 rings (SSSR count). The maximum Gasteiger partial charge on any atom is 0.329 e. The van der Waals surface area contributed by atoms with Crippen LogP contribution in [0.4, 0.5) is 0 Å². The minimum atomic E-state index is -1.32. The van der Waals surface area contributed by atoms with Gasteiger partial charge >= 0.3 is 5.97 Å². The monoisotopic (exact) mass is 349 g/mol. The van der Waals surface area contributed by atoms with Gasteiger partial charge in [0, 0.05) is 37.2 Å². The van der Waals surface area contributed by atoms with Gasteiger partial charge in [-0.2, -0.15) is 0 Å². The lowest BCUT2D eigenvalue weighted by atomic mass is 9.89. The molecule has 0 aliphatic carbocycles. The second kappa shape index (κ2) is 8.02. The number of nitrogens with one attached hydrogen (secondary N) is 1. The summed E-state index contributed by atoms with van der Waals surface area (Å²) >= 11 is 0. The van der Waals surface area contributed by atoms with Crippen molar-refractivity contribution in [2.24, 2.45) is 0 Å². The number of carbonyl (C=O) groups is 2. The van der Waals surface area contributed by atoms with Crippen molar-refractivity contribution in [3.8, 4) is 11.5 Å². The van der Waals surface area contributed by atoms with Gasteiger partial charge in [0.15, 0.2) is 11.5 Å². The minimum absolute atomic E-state index is 0.223. The molecule has 1 amide bonds. The number of methoxy groups -OCH3 is 2. The summed E-state index contributed by atoms with van der Waals surface area (Å²) in [4.78, 5) is 24.4. The lowest BCUT2D eigenvalue weighted by Gasteiger charge is -2.34. The summed E-state index contributed by atoms with van der Waals surface area (Å²) in [5.74, 6) is -0.604. The number of hydrogen-bond acceptors (Lipinski definition) is 5. The number of carboxylic acid groups (broad SMARTS) is 1. The first-order valence-corrected chi connectivity index (χ1v) is 7.97. The highest BCUT2D eigenvalue weighted by Gasteiger charge is 2.41. The lowest BCUT2D eigenvalue weighted by molar-refractivity contribution is -0.148. The summed E-state index contributed by atoms with van der Waals surface area (Å²) < 4.78 is 15.9. The fourth-order valence-electron chi connectivity index (χ4n) is 2.88. The lowest BCUT2D eigenvalue weighted by Crippen LogP contribution is -2.57. The molecule has 1 aromatic carbocycles. The summed E-state index contributed by atoms with van der Waals surface area (Å²) in [5.41, 5.74) is -0.277. The van der Waals surface area contributed by atoms with Gasteiger partial charge < -0.3 is 24.6 Å². The molecule has 25 heavy (non-hydrogen) atoms. The normalized spacial score (nSPS) is 15.9. The maximum atomic E-state index is 12.7. The molecule has 7 nitrogen and oxygen atoms in total. The SMILES string of the molecule is C=CCc1cc(C(=O)NC2(C(=O)O)CCOCC2)cc(OC)c1OC. The number of carboxylic acids is 1. The number of allylic oxidation sites excluding steroid dienone is 1. The van der Waals surface area contributed by atoms with Gasteiger partial charge in [-0.3, -0.25) is 4.79 Å². The largest absolute Gasteiger partial charge is 0.493 e. The molecule has 136 valence electrons. The van der Waals surface area contributed by atoms with Crippen molar-refractivity contribution < 1.29 is 28.9 Å². The molecule has 1 aliphatic rings. The molecule has 0 bridgehead atoms. The van der Waals surface area contributed by atoms with Crippen molar-refractivity contribution in [1.29, 1.82) is 0 Å². The molecule has 0 radical (unpaired) electrons. The summed E-state index contributed by atoms with van der Waals surface area (Å²) in [6.07, 6.45) is 2.62. The van der Waals surface area contributed by atoms with Crippen LogP contribution in [0.25, 0.3) is 0 Å². The highest BCUT2D eigenvalue weighted by Crippen LogP contribution is 2.33. The Kier molecular flexibility index (Phi) is 6.03. The molecule has 0 atom stereocenters. The third kappa shape index (κ3) is 3.93. The number of hydrogen-bond donors (Lipinski definition) is 2. The van der Waals surface area contributed by atoms with E-state index < -0.39 is 17.4 Å². The van der Waals surface area contributed by atoms with Crippen molar-refractivity contribution in [2.45, 2.75) is 24.8 Å². The van der Waals surface area contributed by atoms with Gasteiger partial charge in [-0.1, -0.05) is 6.08 Å². The Hall–Kier alpha value is -2.54. The summed E-state index contributed by atoms with van der Waals surface area (Å²) in [5, 5.41) is 12.2. The van der Waals surface area contributed by atoms with E-state index in [-0.39, 0.29) is 12.8 Å². The predicted molar refractivity (Wildman–Crippen MR) is 91.3 cm³/mol. The highest BCUT2D eigenvalue weighted by molar-refractivity contribution is 5.98. The summed E-state index contributed by atoms with van der Waals surface area (Å²) in [6, 6.07) is 3.20. The van der Waals surface area contributed by atoms with Crippen molar-refractivity contribution in [3.05, 3.63) is 35.9 Å². The molecule has 1 heterocycles. The van der Waals surface area contributed by atoms with Crippen molar-refractivity contribution in [2.75, 3.05) is 27.4 Å². The fraction of sp³-hybridized carbons (Fsp3) is 0.444. The van der Waals surface area contributed by atoms with Gasteiger partial charge in [-0.25, -0.2) is 4.79 Å². The fourth-order valence-corrected chi connectivity index (χ4v) is 2.88. The Bertz CT molecular complexity index is 664. The van der Waals surface area contributed by atoms with E-state index in [4.69, 9.17) is 14.2 Å². The number of carbonyl (C=O) groups excluding carboxylic acids is 1. The van der Waals surface area contributed by atoms with Gasteiger partial charge in [0.2, 0.25) is 0 Å². The van der Waals surface area contributed by atoms with Gasteiger partial charge in [-0.05, 0) is 18.6 Å². The highest BCUT2D eigenvalue weighted by atomic mass is 16.5. The van der Waals surface area contributed by atoms with E-state index in [0.717, 1.165) is 5.56 Å². The molecule has 1 fully saturated rings. The Balaban J connectivity index is 2.36. The number of ether oxygens (including phenoxy) is 3. The first kappa shape index (κ1) is 18.8. The van der Waals surface area contributed by atoms with E-state index in [1.54, 1.807) is 12.1 Å². The van der Waals surface area contributed by atoms with Crippen LogP contribution in [0.1, 0.15) is 28.8 Å². The molecule has 1 aromatic rings. The maximum absolute atomic E-state index is 12.7. The van der Waals surface area contributed by atoms with Crippen LogP contribution in [0.5, 0.6) is 11.5 Å². The van der Waals surface area contributed by atoms with Crippen LogP contribution in [0.15, 0.2) is 24.8 Å². The standard InChI is InChI=1S/C18H23NO6/c1-4-5-12-10-13(11-14(23-2)15(12)24-3)16(20)19-18(17(21)22)6-8-25-9-7-18/h4,10-11H,1,5-9H2,2-3H3,(H,19,20)(H,21,22). The second-order valence-corrected chi connectivity index (χ2v) is 5.82. The summed E-state index contributed by atoms with van der Waals surface area (Å²) in [7, 11) is 3.00. The first-order chi connectivity index (χ1) is 12.0. The quantitative estimate of drug-likeness (QED) is 0.729. The minimum Gasteiger partial charge on any atom is -0.493 e. The van der Waals surface area contributed by atoms with Crippen LogP contribution in [0.3, 0.4) is 0 Å². The Morgan fingerprint density at radius 2 is 2.00 bits per heavy atom. The second-order valence-electron chi connectivity index (χ2n) is 5.82. The Labute approximate surface area is 146 Å². The van der Waals surface area contributed by atoms with E-state index in [1.807, 2.05) is 0 Å². The molecule has 1 saturated heterocycles. The molecule has 1 aliphatic heterocycles. The Morgan fingerprint density at radius 3 is 2.52 bits per heavy atom. The average Bonchev–Trinajstić information content (AvgIpc) is 2.61. The number of aliphatic carboxylic acids is 1. The topological polar surface area (TPSA) is 94.1 Å². The molecule has 0 unspecified atom stereocenters. The van der Waals surface area contributed by atoms with E-state index >= 15 is 0 Å². The van der Waals surface area contributed by atoms with Crippen molar-refractivity contribution in [3.63, 3.8) is 0 Å². The molecule has 0 aromatic heterocycles. The van der Waals surface area contributed by atoms with E-state index in [9.17, 15) is 14.7 Å². The number of rotatable bonds is 7. The predicted octanol–water partition coefficient (Wildman–Crippen LogP) is 1.80. The van der Waals surface area contributed by atoms with Gasteiger partial charge in [0.05, 0.1) is 14.2 Å². The van der Waals surface area contributed by atoms with Crippen LogP contribution in [-0.2, 0) is 16.0 Å². The van der Waals surface area contributed by atoms with Crippen molar-refractivity contribution >= 4 is 11.9 Å². The molecule has 2 N–H and O–H groups in total. The number of benzene rings is 1. The molecule has 0 spiro atoms. The molecule has 7 heteroatoms. The average molecular weight is 349 g/mol. The molecular formula is C18H23NO6. The van der Waals surface area contributed by atoms with Crippen LogP contribution in [0, 0.1) is 0 Å². The zero-order valence-corrected chi connectivity index (χ0v) is 14.5. The van der Waals surface area contributed by atoms with E-state index in [1.165, 1.54) is 20.3 Å². The summed E-state index contributed by atoms with van der Waals surface area (Å²) in [6.45, 7) is 4.28. The van der Waals surface area contributed by atoms with E-state index in [0.29, 0.717) is 36.7 Å². The van der Waals surface area contributed by atoms with Crippen LogP contribution >= 0.6 is 0 Å². The van der Waals surface area contributed by atoms with Crippen LogP contribution in [0.2, 0.25) is 0 Å². The molecule has 0 saturated carbocycles. The van der Waals surface area contributed by atoms with Gasteiger partial charge in [0.1, 0.15) is 5.54 Å². The van der Waals surface area contributed by atoms with E-state index in [2.05, 4.69) is 11.9 Å². The third-order valence-corrected chi connectivity index (χ3v) is 4.29. The van der Waals surface area contributed by atoms with Gasteiger partial charge in [0.25, 0.3) is 5.91 Å². The Morgan fingerprint density at radius 1 is 1.32 bits per heavy atom. The zero-order valence-electron chi connectivity index (χ0n) is 14.5. The number of amides is 1. The smallest absolute Gasteiger partial charge is 0.329 e. The van der Waals surface area contributed by atoms with Gasteiger partial charge in [-0.15, -0.1) is 6.58 Å². The van der Waals surface area contributed by atoms with Crippen molar-refractivity contribution in [1.82, 2.24) is 5.32 Å². The van der Waals surface area contributed by atoms with Crippen LogP contribution < -0.4 is 14.8 Å². The molecular weight excluding hydrogens is 326 g/mol. The first-order valence-electron chi connectivity index (χ1n) is 7.97. The van der Waals surface area contributed by atoms with Crippen LogP contribution in [-0.4, -0.2) is 50.0 Å².